The highest BCUT2D eigenvalue weighted by molar-refractivity contribution is 6.09. The third kappa shape index (κ3) is 7.96. The summed E-state index contributed by atoms with van der Waals surface area (Å²) < 4.78 is 13.8. The van der Waals surface area contributed by atoms with Gasteiger partial charge in [-0.2, -0.15) is 4.57 Å². The average Bonchev–Trinajstić information content (AvgIpc) is 3.77. The molecule has 0 unspecified atom stereocenters. The van der Waals surface area contributed by atoms with Crippen LogP contribution < -0.4 is 9.30 Å². The van der Waals surface area contributed by atoms with Crippen molar-refractivity contribution in [1.29, 1.82) is 0 Å². The van der Waals surface area contributed by atoms with E-state index in [4.69, 9.17) is 9.72 Å². The SMILES string of the molecule is CC(C)(C)c1cc(Oc2ccc3c4ccccc4n(-c4cc(C(C)(C)C)ccn4)c3c2)cc(-n2cc(-c3ccccc3)[n+](-c3cc(C(C)(C)C)cc(C(C)(C)C)c3)c2)c1. The predicted molar refractivity (Wildman–Crippen MR) is 246 cm³/mol. The Labute approximate surface area is 351 Å². The number of aromatic nitrogens is 4. The van der Waals surface area contributed by atoms with E-state index in [1.165, 1.54) is 27.6 Å². The van der Waals surface area contributed by atoms with Crippen molar-refractivity contribution in [3.8, 4) is 39.9 Å². The number of nitrogens with zero attached hydrogens (tertiary/aromatic N) is 4. The fourth-order valence-corrected chi connectivity index (χ4v) is 7.83. The largest absolute Gasteiger partial charge is 0.457 e. The monoisotopic (exact) mass is 779 g/mol. The Morgan fingerprint density at radius 3 is 1.78 bits per heavy atom. The highest BCUT2D eigenvalue weighted by atomic mass is 16.5. The first kappa shape index (κ1) is 39.9. The number of hydrogen-bond donors (Lipinski definition) is 0. The fraction of sp³-hybridized carbons (Fsp3) is 0.296. The van der Waals surface area contributed by atoms with Gasteiger partial charge in [-0.1, -0.05) is 138 Å². The van der Waals surface area contributed by atoms with Crippen molar-refractivity contribution < 1.29 is 9.30 Å². The topological polar surface area (TPSA) is 35.9 Å². The van der Waals surface area contributed by atoms with Crippen molar-refractivity contribution in [3.63, 3.8) is 0 Å². The predicted octanol–water partition coefficient (Wildman–Crippen LogP) is 13.9. The summed E-state index contributed by atoms with van der Waals surface area (Å²) in [5.74, 6) is 2.45. The molecule has 5 heteroatoms. The lowest BCUT2D eigenvalue weighted by Crippen LogP contribution is -2.32. The summed E-state index contributed by atoms with van der Waals surface area (Å²) >= 11 is 0. The molecule has 0 aliphatic rings. The van der Waals surface area contributed by atoms with Crippen LogP contribution in [0.2, 0.25) is 0 Å². The Bertz CT molecular complexity index is 2800. The Balaban J connectivity index is 1.27. The van der Waals surface area contributed by atoms with Gasteiger partial charge in [-0.25, -0.2) is 9.55 Å². The standard InChI is InChI=1S/C54H59N4O/c1-51(2,3)37-24-25-55-50(31-37)58-47-21-17-16-20-45(47)46-23-22-43(33-48(46)58)59-44-30-40(54(10,11)12)27-41(32-44)56-34-49(36-18-14-13-15-19-36)57(35-56)42-28-38(52(4,5)6)26-39(29-42)53(7,8)9/h13-35H,1-12H3/q+1. The number of benzene rings is 5. The maximum absolute atomic E-state index is 6.91. The van der Waals surface area contributed by atoms with Crippen LogP contribution in [0.4, 0.5) is 0 Å². The summed E-state index contributed by atoms with van der Waals surface area (Å²) in [4.78, 5) is 4.90. The summed E-state index contributed by atoms with van der Waals surface area (Å²) in [7, 11) is 0. The van der Waals surface area contributed by atoms with E-state index in [-0.39, 0.29) is 21.7 Å². The lowest BCUT2D eigenvalue weighted by atomic mass is 9.80. The maximum Gasteiger partial charge on any atom is 0.254 e. The van der Waals surface area contributed by atoms with E-state index in [1.54, 1.807) is 0 Å². The zero-order chi connectivity index (χ0) is 42.1. The Kier molecular flexibility index (Phi) is 9.74. The highest BCUT2D eigenvalue weighted by Gasteiger charge is 2.27. The Hall–Kier alpha value is -5.94. The zero-order valence-corrected chi connectivity index (χ0v) is 37.0. The van der Waals surface area contributed by atoms with Crippen LogP contribution in [-0.2, 0) is 21.7 Å². The zero-order valence-electron chi connectivity index (χ0n) is 37.0. The third-order valence-corrected chi connectivity index (χ3v) is 11.5. The molecule has 5 aromatic carbocycles. The molecule has 8 rings (SSSR count). The van der Waals surface area contributed by atoms with Crippen LogP contribution in [0.3, 0.4) is 0 Å². The molecule has 0 atom stereocenters. The first-order valence-electron chi connectivity index (χ1n) is 20.9. The molecule has 300 valence electrons. The van der Waals surface area contributed by atoms with Gasteiger partial charge in [-0.05, 0) is 98.5 Å². The smallest absolute Gasteiger partial charge is 0.254 e. The number of imidazole rings is 1. The quantitative estimate of drug-likeness (QED) is 0.158. The second-order valence-corrected chi connectivity index (χ2v) is 20.3. The van der Waals surface area contributed by atoms with E-state index in [0.717, 1.165) is 56.4 Å². The van der Waals surface area contributed by atoms with Gasteiger partial charge in [-0.15, -0.1) is 0 Å². The van der Waals surface area contributed by atoms with E-state index < -0.39 is 0 Å². The molecule has 0 aliphatic heterocycles. The van der Waals surface area contributed by atoms with Gasteiger partial charge in [0.2, 0.25) is 0 Å². The van der Waals surface area contributed by atoms with Crippen LogP contribution >= 0.6 is 0 Å². The average molecular weight is 780 g/mol. The molecule has 0 radical (unpaired) electrons. The number of ether oxygens (including phenoxy) is 1. The molecule has 5 nitrogen and oxygen atoms in total. The second-order valence-electron chi connectivity index (χ2n) is 20.3. The van der Waals surface area contributed by atoms with Crippen LogP contribution in [0.1, 0.15) is 105 Å². The van der Waals surface area contributed by atoms with Gasteiger partial charge in [0.15, 0.2) is 5.69 Å². The summed E-state index contributed by atoms with van der Waals surface area (Å²) in [6.07, 6.45) is 6.41. The van der Waals surface area contributed by atoms with Gasteiger partial charge in [0, 0.05) is 34.7 Å². The van der Waals surface area contributed by atoms with Crippen molar-refractivity contribution in [2.45, 2.75) is 105 Å². The van der Waals surface area contributed by atoms with Crippen molar-refractivity contribution in [2.75, 3.05) is 0 Å². The fourth-order valence-electron chi connectivity index (χ4n) is 7.83. The summed E-state index contributed by atoms with van der Waals surface area (Å²) in [6.45, 7) is 27.3. The Morgan fingerprint density at radius 2 is 1.12 bits per heavy atom. The molecule has 0 fully saturated rings. The number of para-hydroxylation sites is 1. The van der Waals surface area contributed by atoms with E-state index >= 15 is 0 Å². The molecule has 0 spiro atoms. The van der Waals surface area contributed by atoms with E-state index in [9.17, 15) is 0 Å². The van der Waals surface area contributed by atoms with Gasteiger partial charge >= 0.3 is 0 Å². The molecule has 0 bridgehead atoms. The molecule has 0 saturated carbocycles. The minimum Gasteiger partial charge on any atom is -0.457 e. The van der Waals surface area contributed by atoms with Gasteiger partial charge in [0.1, 0.15) is 34.9 Å². The van der Waals surface area contributed by atoms with Crippen LogP contribution in [0.5, 0.6) is 11.5 Å². The molecule has 0 N–H and O–H groups in total. The van der Waals surface area contributed by atoms with Crippen LogP contribution in [-0.4, -0.2) is 14.1 Å². The summed E-state index contributed by atoms with van der Waals surface area (Å²) in [5, 5.41) is 2.35. The highest BCUT2D eigenvalue weighted by Crippen LogP contribution is 2.38. The number of pyridine rings is 1. The molecule has 3 heterocycles. The minimum absolute atomic E-state index is 0.00677. The van der Waals surface area contributed by atoms with Gasteiger partial charge in [0.05, 0.1) is 11.0 Å². The van der Waals surface area contributed by atoms with E-state index in [2.05, 4.69) is 231 Å². The third-order valence-electron chi connectivity index (χ3n) is 11.5. The van der Waals surface area contributed by atoms with Crippen molar-refractivity contribution >= 4 is 21.8 Å². The molecular weight excluding hydrogens is 721 g/mol. The first-order valence-corrected chi connectivity index (χ1v) is 20.9. The summed E-state index contributed by atoms with van der Waals surface area (Å²) in [6, 6.07) is 43.8. The lowest BCUT2D eigenvalue weighted by molar-refractivity contribution is -0.583. The molecular formula is C54H59N4O+. The molecule has 3 aromatic heterocycles. The Morgan fingerprint density at radius 1 is 0.508 bits per heavy atom. The van der Waals surface area contributed by atoms with Crippen molar-refractivity contribution in [3.05, 3.63) is 162 Å². The number of hydrogen-bond acceptors (Lipinski definition) is 2. The minimum atomic E-state index is -0.123. The van der Waals surface area contributed by atoms with Crippen molar-refractivity contribution in [2.24, 2.45) is 0 Å². The normalized spacial score (nSPS) is 12.7. The molecule has 59 heavy (non-hydrogen) atoms. The molecule has 0 aliphatic carbocycles. The van der Waals surface area contributed by atoms with Crippen LogP contribution in [0.15, 0.2) is 140 Å². The molecule has 0 amide bonds. The lowest BCUT2D eigenvalue weighted by Gasteiger charge is -2.25. The van der Waals surface area contributed by atoms with E-state index in [1.807, 2.05) is 6.20 Å². The molecule has 0 saturated heterocycles. The van der Waals surface area contributed by atoms with Crippen LogP contribution in [0.25, 0.3) is 50.3 Å². The number of fused-ring (bicyclic) bond motifs is 3. The molecule has 8 aromatic rings. The van der Waals surface area contributed by atoms with E-state index in [0.29, 0.717) is 0 Å². The van der Waals surface area contributed by atoms with Crippen LogP contribution in [0, 0.1) is 0 Å². The number of rotatable bonds is 6. The second kappa shape index (κ2) is 14.4. The summed E-state index contributed by atoms with van der Waals surface area (Å²) in [5.41, 5.74) is 11.5. The van der Waals surface area contributed by atoms with Crippen molar-refractivity contribution in [1.82, 2.24) is 14.1 Å². The first-order chi connectivity index (χ1) is 27.7. The maximum atomic E-state index is 6.91. The van der Waals surface area contributed by atoms with Gasteiger partial charge in [0.25, 0.3) is 6.33 Å². The van der Waals surface area contributed by atoms with Gasteiger partial charge in [-0.3, -0.25) is 4.57 Å². The van der Waals surface area contributed by atoms with Gasteiger partial charge < -0.3 is 4.74 Å².